The summed E-state index contributed by atoms with van der Waals surface area (Å²) >= 11 is 3.43. The number of carbonyl (C=O) groups is 1. The minimum absolute atomic E-state index is 0.163. The van der Waals surface area contributed by atoms with E-state index in [1.165, 1.54) is 4.68 Å². The summed E-state index contributed by atoms with van der Waals surface area (Å²) < 4.78 is 44.8. The fraction of sp³-hybridized carbons (Fsp3) is 0.190. The molecule has 0 bridgehead atoms. The molecule has 0 saturated carbocycles. The van der Waals surface area contributed by atoms with Crippen LogP contribution in [0.3, 0.4) is 0 Å². The summed E-state index contributed by atoms with van der Waals surface area (Å²) in [5.41, 5.74) is 3.34. The number of aryl methyl sites for hydroxylation is 1. The first-order valence-electron chi connectivity index (χ1n) is 9.46. The molecular formula is C21H15BrF3N5O. The number of aromatic nitrogens is 4. The second-order valence-electron chi connectivity index (χ2n) is 7.34. The van der Waals surface area contributed by atoms with E-state index in [1.807, 2.05) is 0 Å². The van der Waals surface area contributed by atoms with Gasteiger partial charge >= 0.3 is 0 Å². The lowest BCUT2D eigenvalue weighted by atomic mass is 9.99. The van der Waals surface area contributed by atoms with Gasteiger partial charge in [-0.15, -0.1) is 0 Å². The summed E-state index contributed by atoms with van der Waals surface area (Å²) in [6.45, 7) is 0.657. The predicted molar refractivity (Wildman–Crippen MR) is 110 cm³/mol. The number of halogens is 4. The van der Waals surface area contributed by atoms with Gasteiger partial charge in [-0.1, -0.05) is 0 Å². The number of carbonyl (C=O) groups excluding carboxylic acids is 1. The Morgan fingerprint density at radius 2 is 1.94 bits per heavy atom. The molecule has 4 heterocycles. The van der Waals surface area contributed by atoms with E-state index < -0.39 is 17.5 Å². The van der Waals surface area contributed by atoms with E-state index in [0.29, 0.717) is 35.4 Å². The fourth-order valence-electron chi connectivity index (χ4n) is 4.10. The Kier molecular flexibility index (Phi) is 4.62. The highest BCUT2D eigenvalue weighted by molar-refractivity contribution is 9.10. The minimum atomic E-state index is -1.50. The van der Waals surface area contributed by atoms with Crippen LogP contribution >= 0.6 is 15.9 Å². The highest BCUT2D eigenvalue weighted by Gasteiger charge is 2.29. The molecule has 0 atom stereocenters. The molecule has 10 heteroatoms. The lowest BCUT2D eigenvalue weighted by Gasteiger charge is -2.27. The molecule has 3 aromatic heterocycles. The molecule has 0 unspecified atom stereocenters. The van der Waals surface area contributed by atoms with Crippen LogP contribution in [0.15, 0.2) is 41.1 Å². The Hall–Kier alpha value is -3.14. The standard InChI is InChI=1S/C21H15BrF3N5O/c1-28-19(11-7-15(23)18(25)16(24)8-11)12-4-6-29(10-17(12)27-28)21(31)13-3-2-5-30-20(13)14(22)9-26-30/h2-3,5,7-9H,4,6,10H2,1H3. The number of pyridine rings is 1. The van der Waals surface area contributed by atoms with Gasteiger partial charge in [0, 0.05) is 30.9 Å². The van der Waals surface area contributed by atoms with Gasteiger partial charge in [-0.25, -0.2) is 17.7 Å². The summed E-state index contributed by atoms with van der Waals surface area (Å²) in [6.07, 6.45) is 3.85. The first-order chi connectivity index (χ1) is 14.8. The van der Waals surface area contributed by atoms with Gasteiger partial charge in [-0.2, -0.15) is 10.2 Å². The van der Waals surface area contributed by atoms with Crippen molar-refractivity contribution in [2.45, 2.75) is 13.0 Å². The zero-order valence-electron chi connectivity index (χ0n) is 16.2. The van der Waals surface area contributed by atoms with Crippen LogP contribution in [0.5, 0.6) is 0 Å². The maximum atomic E-state index is 13.8. The van der Waals surface area contributed by atoms with Crippen LogP contribution in [-0.2, 0) is 20.0 Å². The van der Waals surface area contributed by atoms with Gasteiger partial charge in [0.05, 0.1) is 39.7 Å². The van der Waals surface area contributed by atoms with Crippen molar-refractivity contribution in [2.24, 2.45) is 7.05 Å². The zero-order valence-corrected chi connectivity index (χ0v) is 17.8. The number of fused-ring (bicyclic) bond motifs is 2. The molecule has 1 aliphatic heterocycles. The SMILES string of the molecule is Cn1nc2c(c1-c1cc(F)c(F)c(F)c1)CCN(C(=O)c1cccn3ncc(Br)c13)C2. The van der Waals surface area contributed by atoms with Crippen LogP contribution in [0, 0.1) is 17.5 Å². The summed E-state index contributed by atoms with van der Waals surface area (Å²) in [7, 11) is 1.66. The number of nitrogens with zero attached hydrogens (tertiary/aromatic N) is 5. The van der Waals surface area contributed by atoms with Gasteiger partial charge in [-0.3, -0.25) is 9.48 Å². The minimum Gasteiger partial charge on any atom is -0.332 e. The average Bonchev–Trinajstić information content (AvgIpc) is 3.29. The maximum Gasteiger partial charge on any atom is 0.256 e. The van der Waals surface area contributed by atoms with Crippen molar-refractivity contribution in [3.05, 3.63) is 75.4 Å². The van der Waals surface area contributed by atoms with Crippen molar-refractivity contribution in [1.82, 2.24) is 24.3 Å². The molecule has 0 saturated heterocycles. The molecule has 6 nitrogen and oxygen atoms in total. The molecule has 158 valence electrons. The Labute approximate surface area is 183 Å². The van der Waals surface area contributed by atoms with Crippen LogP contribution in [0.1, 0.15) is 21.6 Å². The molecule has 0 aliphatic carbocycles. The topological polar surface area (TPSA) is 55.4 Å². The van der Waals surface area contributed by atoms with Gasteiger partial charge in [0.1, 0.15) is 0 Å². The molecule has 0 fully saturated rings. The summed E-state index contributed by atoms with van der Waals surface area (Å²) in [6, 6.07) is 5.43. The number of benzene rings is 1. The lowest BCUT2D eigenvalue weighted by Crippen LogP contribution is -2.36. The van der Waals surface area contributed by atoms with Gasteiger partial charge in [0.2, 0.25) is 0 Å². The Balaban J connectivity index is 1.50. The van der Waals surface area contributed by atoms with Gasteiger partial charge in [0.25, 0.3) is 5.91 Å². The number of rotatable bonds is 2. The Bertz CT molecular complexity index is 1340. The van der Waals surface area contributed by atoms with Gasteiger partial charge < -0.3 is 4.90 Å². The highest BCUT2D eigenvalue weighted by Crippen LogP contribution is 2.32. The van der Waals surface area contributed by atoms with Crippen LogP contribution in [0.4, 0.5) is 13.2 Å². The van der Waals surface area contributed by atoms with Crippen LogP contribution in [-0.4, -0.2) is 36.7 Å². The van der Waals surface area contributed by atoms with Crippen molar-refractivity contribution < 1.29 is 18.0 Å². The molecule has 0 radical (unpaired) electrons. The molecule has 31 heavy (non-hydrogen) atoms. The molecular weight excluding hydrogens is 475 g/mol. The third-order valence-electron chi connectivity index (χ3n) is 5.47. The summed E-state index contributed by atoms with van der Waals surface area (Å²) in [5.74, 6) is -4.17. The average molecular weight is 490 g/mol. The lowest BCUT2D eigenvalue weighted by molar-refractivity contribution is 0.0734. The molecule has 4 aromatic rings. The van der Waals surface area contributed by atoms with Crippen LogP contribution in [0.2, 0.25) is 0 Å². The van der Waals surface area contributed by atoms with E-state index in [4.69, 9.17) is 0 Å². The number of hydrogen-bond donors (Lipinski definition) is 0. The Morgan fingerprint density at radius 3 is 2.68 bits per heavy atom. The third kappa shape index (κ3) is 3.13. The monoisotopic (exact) mass is 489 g/mol. The normalized spacial score (nSPS) is 13.6. The largest absolute Gasteiger partial charge is 0.332 e. The van der Waals surface area contributed by atoms with E-state index in [2.05, 4.69) is 26.1 Å². The van der Waals surface area contributed by atoms with Crippen molar-refractivity contribution in [3.63, 3.8) is 0 Å². The number of hydrogen-bond acceptors (Lipinski definition) is 3. The number of amides is 1. The van der Waals surface area contributed by atoms with Crippen molar-refractivity contribution >= 4 is 27.4 Å². The predicted octanol–water partition coefficient (Wildman–Crippen LogP) is 4.11. The summed E-state index contributed by atoms with van der Waals surface area (Å²) in [4.78, 5) is 14.9. The molecule has 0 N–H and O–H groups in total. The first kappa shape index (κ1) is 19.8. The highest BCUT2D eigenvalue weighted by atomic mass is 79.9. The van der Waals surface area contributed by atoms with Crippen molar-refractivity contribution in [1.29, 1.82) is 0 Å². The molecule has 5 rings (SSSR count). The van der Waals surface area contributed by atoms with Crippen molar-refractivity contribution in [3.8, 4) is 11.3 Å². The molecule has 1 aromatic carbocycles. The van der Waals surface area contributed by atoms with E-state index >= 15 is 0 Å². The van der Waals surface area contributed by atoms with E-state index in [-0.39, 0.29) is 18.0 Å². The van der Waals surface area contributed by atoms with Gasteiger partial charge in [0.15, 0.2) is 17.5 Å². The van der Waals surface area contributed by atoms with E-state index in [1.54, 1.807) is 41.0 Å². The smallest absolute Gasteiger partial charge is 0.256 e. The third-order valence-corrected chi connectivity index (χ3v) is 6.05. The Morgan fingerprint density at radius 1 is 1.19 bits per heavy atom. The van der Waals surface area contributed by atoms with Gasteiger partial charge in [-0.05, 0) is 46.6 Å². The van der Waals surface area contributed by atoms with E-state index in [9.17, 15) is 18.0 Å². The fourth-order valence-corrected chi connectivity index (χ4v) is 4.58. The first-order valence-corrected chi connectivity index (χ1v) is 10.2. The summed E-state index contributed by atoms with van der Waals surface area (Å²) in [5, 5.41) is 8.67. The van der Waals surface area contributed by atoms with E-state index in [0.717, 1.165) is 22.2 Å². The second kappa shape index (κ2) is 7.23. The van der Waals surface area contributed by atoms with Crippen molar-refractivity contribution in [2.75, 3.05) is 6.54 Å². The molecule has 0 spiro atoms. The maximum absolute atomic E-state index is 13.8. The second-order valence-corrected chi connectivity index (χ2v) is 8.19. The van der Waals surface area contributed by atoms with Crippen LogP contribution < -0.4 is 0 Å². The quantitative estimate of drug-likeness (QED) is 0.398. The van der Waals surface area contributed by atoms with Crippen LogP contribution in [0.25, 0.3) is 16.8 Å². The molecule has 1 aliphatic rings. The molecule has 1 amide bonds. The zero-order chi connectivity index (χ0) is 21.9.